The maximum absolute atomic E-state index is 12.2. The molecule has 1 rings (SSSR count). The summed E-state index contributed by atoms with van der Waals surface area (Å²) < 4.78 is 0. The van der Waals surface area contributed by atoms with Gasteiger partial charge in [-0.3, -0.25) is 4.79 Å². The quantitative estimate of drug-likeness (QED) is 0.637. The Balaban J connectivity index is 2.87. The minimum absolute atomic E-state index is 0.541. The number of Topliss-reactive ketones (excluding diaryl/α,β-unsaturated/α-hetero) is 1. The van der Waals surface area contributed by atoms with Crippen LogP contribution in [-0.4, -0.2) is 21.9 Å². The van der Waals surface area contributed by atoms with Crippen LogP contribution < -0.4 is 0 Å². The highest BCUT2D eigenvalue weighted by molar-refractivity contribution is 6.95. The molecule has 0 unspecified atom stereocenters. The Bertz CT molecular complexity index is 241. The van der Waals surface area contributed by atoms with Crippen LogP contribution in [0.1, 0.15) is 27.7 Å². The highest BCUT2D eigenvalue weighted by Crippen LogP contribution is 2.61. The fraction of sp³-hybridized carbons (Fsp3) is 0.923. The van der Waals surface area contributed by atoms with Gasteiger partial charge in [0.15, 0.2) is 0 Å². The van der Waals surface area contributed by atoms with Crippen LogP contribution in [0.25, 0.3) is 0 Å². The van der Waals surface area contributed by atoms with Gasteiger partial charge in [0.1, 0.15) is 5.78 Å². The molecular formula is C13H28OSi2. The lowest BCUT2D eigenvalue weighted by atomic mass is 10.9. The first-order valence-corrected chi connectivity index (χ1v) is 12.9. The second kappa shape index (κ2) is 4.77. The third kappa shape index (κ3) is 2.08. The summed E-state index contributed by atoms with van der Waals surface area (Å²) >= 11 is 0. The third-order valence-electron chi connectivity index (χ3n) is 5.57. The van der Waals surface area contributed by atoms with Gasteiger partial charge in [0, 0.05) is 11.1 Å². The topological polar surface area (TPSA) is 17.1 Å². The van der Waals surface area contributed by atoms with E-state index in [4.69, 9.17) is 0 Å². The molecule has 94 valence electrons. The smallest absolute Gasteiger partial charge is 0.134 e. The minimum Gasteiger partial charge on any atom is -0.300 e. The van der Waals surface area contributed by atoms with Gasteiger partial charge in [-0.15, -0.1) is 0 Å². The standard InChI is InChI=1S/C13H28OSi2/c1-7-15(5,8-2)12-11(14)13(12)16(6,9-3)10-4/h12-13H,7-10H2,1-6H3/t12-,13+. The summed E-state index contributed by atoms with van der Waals surface area (Å²) in [4.78, 5) is 12.2. The van der Waals surface area contributed by atoms with Gasteiger partial charge in [0.2, 0.25) is 0 Å². The molecular weight excluding hydrogens is 228 g/mol. The van der Waals surface area contributed by atoms with Crippen LogP contribution in [0.2, 0.25) is 48.4 Å². The van der Waals surface area contributed by atoms with Crippen molar-refractivity contribution < 1.29 is 4.79 Å². The van der Waals surface area contributed by atoms with Crippen LogP contribution in [0.3, 0.4) is 0 Å². The Labute approximate surface area is 103 Å². The van der Waals surface area contributed by atoms with E-state index in [1.165, 1.54) is 24.2 Å². The number of carbonyl (C=O) groups is 1. The first kappa shape index (κ1) is 14.2. The maximum atomic E-state index is 12.2. The molecule has 1 aliphatic carbocycles. The van der Waals surface area contributed by atoms with Crippen LogP contribution in [0, 0.1) is 0 Å². The summed E-state index contributed by atoms with van der Waals surface area (Å²) in [5, 5.41) is 0. The van der Waals surface area contributed by atoms with E-state index in [-0.39, 0.29) is 0 Å². The lowest BCUT2D eigenvalue weighted by molar-refractivity contribution is -0.110. The zero-order chi connectivity index (χ0) is 12.6. The first-order valence-electron chi connectivity index (χ1n) is 6.93. The molecule has 0 heterocycles. The average molecular weight is 257 g/mol. The Kier molecular flexibility index (Phi) is 4.22. The van der Waals surface area contributed by atoms with E-state index >= 15 is 0 Å². The zero-order valence-electron chi connectivity index (χ0n) is 11.9. The van der Waals surface area contributed by atoms with Crippen molar-refractivity contribution in [1.29, 1.82) is 0 Å². The molecule has 0 bridgehead atoms. The molecule has 0 aromatic heterocycles. The highest BCUT2D eigenvalue weighted by Gasteiger charge is 2.64. The number of hydrogen-bond donors (Lipinski definition) is 0. The first-order chi connectivity index (χ1) is 7.40. The van der Waals surface area contributed by atoms with Gasteiger partial charge in [-0.1, -0.05) is 65.0 Å². The van der Waals surface area contributed by atoms with E-state index in [1.807, 2.05) is 0 Å². The van der Waals surface area contributed by atoms with E-state index in [0.29, 0.717) is 16.9 Å². The molecule has 0 aliphatic heterocycles. The van der Waals surface area contributed by atoms with Gasteiger partial charge in [0.05, 0.1) is 16.1 Å². The van der Waals surface area contributed by atoms with E-state index in [9.17, 15) is 4.79 Å². The molecule has 1 fully saturated rings. The van der Waals surface area contributed by atoms with E-state index in [2.05, 4.69) is 40.8 Å². The molecule has 0 aromatic carbocycles. The SMILES string of the molecule is CC[Si](C)(CC)[C@@H]1C(=O)[C@@H]1[Si](C)(CC)CC. The number of ketones is 1. The van der Waals surface area contributed by atoms with Crippen molar-refractivity contribution in [3.63, 3.8) is 0 Å². The van der Waals surface area contributed by atoms with Crippen LogP contribution >= 0.6 is 0 Å². The van der Waals surface area contributed by atoms with Crippen molar-refractivity contribution in [2.24, 2.45) is 0 Å². The fourth-order valence-corrected chi connectivity index (χ4v) is 11.9. The molecule has 1 saturated carbocycles. The minimum atomic E-state index is -1.25. The van der Waals surface area contributed by atoms with Crippen molar-refractivity contribution in [2.75, 3.05) is 0 Å². The number of hydrogen-bond acceptors (Lipinski definition) is 1. The molecule has 16 heavy (non-hydrogen) atoms. The highest BCUT2D eigenvalue weighted by atomic mass is 28.3. The molecule has 0 saturated heterocycles. The summed E-state index contributed by atoms with van der Waals surface area (Å²) in [5.74, 6) is 0.663. The lowest BCUT2D eigenvalue weighted by Crippen LogP contribution is -2.34. The predicted molar refractivity (Wildman–Crippen MR) is 77.7 cm³/mol. The van der Waals surface area contributed by atoms with Gasteiger partial charge < -0.3 is 0 Å². The van der Waals surface area contributed by atoms with Crippen LogP contribution in [0.5, 0.6) is 0 Å². The Morgan fingerprint density at radius 1 is 0.812 bits per heavy atom. The van der Waals surface area contributed by atoms with Crippen molar-refractivity contribution in [1.82, 2.24) is 0 Å². The largest absolute Gasteiger partial charge is 0.300 e. The van der Waals surface area contributed by atoms with Crippen LogP contribution in [0.15, 0.2) is 0 Å². The van der Waals surface area contributed by atoms with Crippen molar-refractivity contribution in [3.05, 3.63) is 0 Å². The molecule has 0 amide bonds. The Morgan fingerprint density at radius 2 is 1.06 bits per heavy atom. The molecule has 0 aromatic rings. The second-order valence-corrected chi connectivity index (χ2v) is 16.8. The number of rotatable bonds is 6. The average Bonchev–Trinajstić information content (AvgIpc) is 3.00. The van der Waals surface area contributed by atoms with Gasteiger partial charge in [0.25, 0.3) is 0 Å². The number of carbonyl (C=O) groups excluding carboxylic acids is 1. The fourth-order valence-electron chi connectivity index (χ4n) is 3.11. The van der Waals surface area contributed by atoms with Crippen molar-refractivity contribution >= 4 is 21.9 Å². The van der Waals surface area contributed by atoms with Crippen molar-refractivity contribution in [3.8, 4) is 0 Å². The van der Waals surface area contributed by atoms with Crippen LogP contribution in [0.4, 0.5) is 0 Å². The Morgan fingerprint density at radius 3 is 1.25 bits per heavy atom. The molecule has 0 radical (unpaired) electrons. The molecule has 0 spiro atoms. The van der Waals surface area contributed by atoms with E-state index in [0.717, 1.165) is 0 Å². The molecule has 0 N–H and O–H groups in total. The summed E-state index contributed by atoms with van der Waals surface area (Å²) in [6.07, 6.45) is 0. The van der Waals surface area contributed by atoms with Crippen molar-refractivity contribution in [2.45, 2.75) is 76.0 Å². The monoisotopic (exact) mass is 256 g/mol. The summed E-state index contributed by atoms with van der Waals surface area (Å²) in [7, 11) is -2.49. The summed E-state index contributed by atoms with van der Waals surface area (Å²) in [5.41, 5.74) is 1.08. The second-order valence-electron chi connectivity index (χ2n) is 6.08. The summed E-state index contributed by atoms with van der Waals surface area (Å²) in [6, 6.07) is 5.14. The van der Waals surface area contributed by atoms with E-state index < -0.39 is 16.1 Å². The maximum Gasteiger partial charge on any atom is 0.134 e. The molecule has 1 aliphatic rings. The summed E-state index contributed by atoms with van der Waals surface area (Å²) in [6.45, 7) is 14.1. The van der Waals surface area contributed by atoms with Gasteiger partial charge in [-0.05, 0) is 0 Å². The van der Waals surface area contributed by atoms with E-state index in [1.54, 1.807) is 0 Å². The molecule has 1 nitrogen and oxygen atoms in total. The predicted octanol–water partition coefficient (Wildman–Crippen LogP) is 4.55. The lowest BCUT2D eigenvalue weighted by Gasteiger charge is -2.28. The molecule has 3 heteroatoms. The van der Waals surface area contributed by atoms with Crippen LogP contribution in [-0.2, 0) is 4.79 Å². The third-order valence-corrected chi connectivity index (χ3v) is 16.6. The van der Waals surface area contributed by atoms with Gasteiger partial charge in [-0.2, -0.15) is 0 Å². The zero-order valence-corrected chi connectivity index (χ0v) is 13.9. The van der Waals surface area contributed by atoms with Gasteiger partial charge >= 0.3 is 0 Å². The normalized spacial score (nSPS) is 26.0. The van der Waals surface area contributed by atoms with Gasteiger partial charge in [-0.25, -0.2) is 0 Å². The Hall–Kier alpha value is 0.104. The molecule has 2 atom stereocenters.